The molecule has 1 saturated heterocycles. The van der Waals surface area contributed by atoms with Crippen LogP contribution in [-0.2, 0) is 14.3 Å². The Bertz CT molecular complexity index is 1710. The maximum Gasteiger partial charge on any atom is 0.490 e. The highest BCUT2D eigenvalue weighted by Crippen LogP contribution is 2.37. The molecule has 1 amide bonds. The standard InChI is InChI=1S/C30H28ClN3O5S.C2HF3O2/c1-30(2,29(36)37)39-24-13-5-20(6-14-24)28-33-25(26(40-28)19-3-7-21(31)8-4-19)27(35)32-22-9-11-23(12-10-22)34-15-17-38-18-16-34;3-2(4,5)1(6)7/h3-14H,15-18H2,1-2H3,(H,32,35)(H,36,37);(H,6,7). The molecule has 5 rings (SSSR count). The molecule has 47 heavy (non-hydrogen) atoms. The van der Waals surface area contributed by atoms with Crippen molar-refractivity contribution in [3.8, 4) is 26.8 Å². The van der Waals surface area contributed by atoms with Crippen molar-refractivity contribution in [1.82, 2.24) is 4.98 Å². The number of carbonyl (C=O) groups excluding carboxylic acids is 1. The van der Waals surface area contributed by atoms with E-state index >= 15 is 0 Å². The van der Waals surface area contributed by atoms with Crippen molar-refractivity contribution in [2.24, 2.45) is 0 Å². The molecule has 10 nitrogen and oxygen atoms in total. The van der Waals surface area contributed by atoms with Crippen LogP contribution >= 0.6 is 22.9 Å². The number of carboxylic acids is 2. The summed E-state index contributed by atoms with van der Waals surface area (Å²) >= 11 is 7.50. The SMILES string of the molecule is CC(C)(Oc1ccc(-c2nc(C(=O)Nc3ccc(N4CCOCC4)cc3)c(-c3ccc(Cl)cc3)s2)cc1)C(=O)O.O=C(O)C(F)(F)F. The molecule has 0 spiro atoms. The number of nitrogens with zero attached hydrogens (tertiary/aromatic N) is 2. The molecule has 4 aromatic rings. The molecule has 1 aliphatic rings. The zero-order valence-electron chi connectivity index (χ0n) is 25.0. The van der Waals surface area contributed by atoms with Crippen molar-refractivity contribution in [1.29, 1.82) is 0 Å². The van der Waals surface area contributed by atoms with E-state index in [0.29, 0.717) is 45.3 Å². The van der Waals surface area contributed by atoms with Crippen LogP contribution in [0.15, 0.2) is 72.8 Å². The average molecular weight is 692 g/mol. The van der Waals surface area contributed by atoms with E-state index in [0.717, 1.165) is 29.9 Å². The molecule has 0 unspecified atom stereocenters. The van der Waals surface area contributed by atoms with Crippen LogP contribution in [0.1, 0.15) is 24.3 Å². The first kappa shape index (κ1) is 35.2. The summed E-state index contributed by atoms with van der Waals surface area (Å²) in [4.78, 5) is 41.5. The number of hydrogen-bond acceptors (Lipinski definition) is 8. The number of anilines is 2. The largest absolute Gasteiger partial charge is 0.490 e. The molecule has 3 aromatic carbocycles. The Hall–Kier alpha value is -4.66. The lowest BCUT2D eigenvalue weighted by Gasteiger charge is -2.28. The van der Waals surface area contributed by atoms with Crippen LogP contribution in [0.5, 0.6) is 5.75 Å². The molecule has 0 radical (unpaired) electrons. The van der Waals surface area contributed by atoms with Gasteiger partial charge in [-0.2, -0.15) is 13.2 Å². The number of aliphatic carboxylic acids is 2. The van der Waals surface area contributed by atoms with Gasteiger partial charge < -0.3 is 29.9 Å². The summed E-state index contributed by atoms with van der Waals surface area (Å²) in [5, 5.41) is 20.7. The number of rotatable bonds is 8. The van der Waals surface area contributed by atoms with Gasteiger partial charge in [0.05, 0.1) is 18.1 Å². The number of carbonyl (C=O) groups is 3. The lowest BCUT2D eigenvalue weighted by atomic mass is 10.1. The highest BCUT2D eigenvalue weighted by molar-refractivity contribution is 7.18. The van der Waals surface area contributed by atoms with Crippen molar-refractivity contribution in [3.63, 3.8) is 0 Å². The van der Waals surface area contributed by atoms with E-state index in [-0.39, 0.29) is 5.91 Å². The number of morpholine rings is 1. The topological polar surface area (TPSA) is 138 Å². The number of amides is 1. The number of nitrogens with one attached hydrogen (secondary N) is 1. The predicted octanol–water partition coefficient (Wildman–Crippen LogP) is 7.09. The Morgan fingerprint density at radius 2 is 1.45 bits per heavy atom. The van der Waals surface area contributed by atoms with Gasteiger partial charge in [-0.25, -0.2) is 14.6 Å². The second kappa shape index (κ2) is 14.8. The number of thiazole rings is 1. The van der Waals surface area contributed by atoms with Crippen LogP contribution in [0.25, 0.3) is 21.0 Å². The van der Waals surface area contributed by atoms with Crippen LogP contribution in [-0.4, -0.2) is 71.1 Å². The number of alkyl halides is 3. The summed E-state index contributed by atoms with van der Waals surface area (Å²) < 4.78 is 42.8. The molecule has 248 valence electrons. The quantitative estimate of drug-likeness (QED) is 0.177. The minimum absolute atomic E-state index is 0.298. The van der Waals surface area contributed by atoms with Gasteiger partial charge in [0.2, 0.25) is 0 Å². The Morgan fingerprint density at radius 3 is 1.98 bits per heavy atom. The van der Waals surface area contributed by atoms with Crippen LogP contribution in [0.2, 0.25) is 5.02 Å². The van der Waals surface area contributed by atoms with Gasteiger partial charge in [-0.05, 0) is 80.1 Å². The van der Waals surface area contributed by atoms with Crippen LogP contribution in [0, 0.1) is 0 Å². The first-order valence-corrected chi connectivity index (χ1v) is 15.2. The van der Waals surface area contributed by atoms with Gasteiger partial charge in [0.15, 0.2) is 5.60 Å². The van der Waals surface area contributed by atoms with Crippen molar-refractivity contribution >= 4 is 52.2 Å². The number of ether oxygens (including phenoxy) is 2. The third kappa shape index (κ3) is 9.44. The summed E-state index contributed by atoms with van der Waals surface area (Å²) in [6.07, 6.45) is -5.08. The van der Waals surface area contributed by atoms with Gasteiger partial charge in [0.1, 0.15) is 16.5 Å². The minimum Gasteiger partial charge on any atom is -0.478 e. The highest BCUT2D eigenvalue weighted by atomic mass is 35.5. The van der Waals surface area contributed by atoms with Gasteiger partial charge in [-0.3, -0.25) is 4.79 Å². The van der Waals surface area contributed by atoms with Gasteiger partial charge in [-0.15, -0.1) is 11.3 Å². The maximum absolute atomic E-state index is 13.5. The molecule has 0 aliphatic carbocycles. The van der Waals surface area contributed by atoms with E-state index < -0.39 is 23.7 Å². The number of benzene rings is 3. The summed E-state index contributed by atoms with van der Waals surface area (Å²) in [6.45, 7) is 6.06. The van der Waals surface area contributed by atoms with Crippen molar-refractivity contribution in [2.75, 3.05) is 36.5 Å². The summed E-state index contributed by atoms with van der Waals surface area (Å²) in [6, 6.07) is 22.0. The fourth-order valence-electron chi connectivity index (χ4n) is 4.17. The van der Waals surface area contributed by atoms with Crippen LogP contribution in [0.4, 0.5) is 24.5 Å². The monoisotopic (exact) mass is 691 g/mol. The normalized spacial score (nSPS) is 13.3. The van der Waals surface area contributed by atoms with E-state index in [1.165, 1.54) is 25.2 Å². The van der Waals surface area contributed by atoms with Crippen LogP contribution < -0.4 is 15.0 Å². The molecule has 0 atom stereocenters. The van der Waals surface area contributed by atoms with Gasteiger partial charge in [-0.1, -0.05) is 23.7 Å². The summed E-state index contributed by atoms with van der Waals surface area (Å²) in [5.74, 6) is -3.72. The van der Waals surface area contributed by atoms with Gasteiger partial charge in [0.25, 0.3) is 5.91 Å². The Kier molecular flexibility index (Phi) is 11.1. The average Bonchev–Trinajstić information content (AvgIpc) is 3.48. The molecule has 0 bridgehead atoms. The number of hydrogen-bond donors (Lipinski definition) is 3. The molecule has 3 N–H and O–H groups in total. The van der Waals surface area contributed by atoms with E-state index in [2.05, 4.69) is 10.2 Å². The molecule has 2 heterocycles. The molecule has 0 saturated carbocycles. The molecule has 15 heteroatoms. The van der Waals surface area contributed by atoms with Gasteiger partial charge >= 0.3 is 18.1 Å². The van der Waals surface area contributed by atoms with Gasteiger partial charge in [0, 0.05) is 35.1 Å². The fourth-order valence-corrected chi connectivity index (χ4v) is 5.36. The lowest BCUT2D eigenvalue weighted by Crippen LogP contribution is -2.37. The zero-order valence-corrected chi connectivity index (χ0v) is 26.6. The van der Waals surface area contributed by atoms with E-state index in [1.807, 2.05) is 36.4 Å². The third-order valence-corrected chi connectivity index (χ3v) is 8.09. The summed E-state index contributed by atoms with van der Waals surface area (Å²) in [5.41, 5.74) is 2.28. The predicted molar refractivity (Wildman–Crippen MR) is 171 cm³/mol. The van der Waals surface area contributed by atoms with Crippen LogP contribution in [0.3, 0.4) is 0 Å². The second-order valence-corrected chi connectivity index (χ2v) is 12.0. The molecular formula is C32H29ClF3N3O7S. The smallest absolute Gasteiger partial charge is 0.478 e. The summed E-state index contributed by atoms with van der Waals surface area (Å²) in [7, 11) is 0. The Labute approximate surface area is 276 Å². The third-order valence-electron chi connectivity index (χ3n) is 6.68. The Balaban J connectivity index is 0.000000644. The van der Waals surface area contributed by atoms with E-state index in [9.17, 15) is 27.9 Å². The lowest BCUT2D eigenvalue weighted by molar-refractivity contribution is -0.192. The Morgan fingerprint density at radius 1 is 0.894 bits per heavy atom. The first-order chi connectivity index (χ1) is 22.1. The number of halogens is 4. The highest BCUT2D eigenvalue weighted by Gasteiger charge is 2.38. The second-order valence-electron chi connectivity index (χ2n) is 10.5. The maximum atomic E-state index is 13.5. The van der Waals surface area contributed by atoms with Crippen molar-refractivity contribution in [2.45, 2.75) is 25.6 Å². The number of aromatic nitrogens is 1. The minimum atomic E-state index is -5.08. The fraction of sp³-hybridized carbons (Fsp3) is 0.250. The first-order valence-electron chi connectivity index (χ1n) is 14.0. The molecular weight excluding hydrogens is 663 g/mol. The molecule has 1 aliphatic heterocycles. The molecule has 1 fully saturated rings. The van der Waals surface area contributed by atoms with E-state index in [1.54, 1.807) is 36.4 Å². The molecule has 1 aromatic heterocycles. The zero-order chi connectivity index (χ0) is 34.4. The van der Waals surface area contributed by atoms with Crippen molar-refractivity contribution in [3.05, 3.63) is 83.5 Å². The van der Waals surface area contributed by atoms with Crippen molar-refractivity contribution < 1.29 is 47.2 Å². The van der Waals surface area contributed by atoms with E-state index in [4.69, 9.17) is 36.0 Å². The number of carboxylic acid groups (broad SMARTS) is 2.